The minimum Gasteiger partial charge on any atom is -0.316 e. The highest BCUT2D eigenvalue weighted by Crippen LogP contribution is 2.35. The van der Waals surface area contributed by atoms with E-state index in [1.54, 1.807) is 0 Å². The van der Waals surface area contributed by atoms with Gasteiger partial charge in [0.05, 0.1) is 0 Å². The van der Waals surface area contributed by atoms with Crippen molar-refractivity contribution in [2.24, 2.45) is 11.8 Å². The maximum atomic E-state index is 3.57. The lowest BCUT2D eigenvalue weighted by Gasteiger charge is -2.23. The summed E-state index contributed by atoms with van der Waals surface area (Å²) in [5, 5.41) is 7.38. The molecule has 0 radical (unpaired) electrons. The highest BCUT2D eigenvalue weighted by atomic mass is 32.1. The van der Waals surface area contributed by atoms with E-state index in [0.717, 1.165) is 11.8 Å². The molecule has 0 saturated heterocycles. The average molecular weight is 273 g/mol. The van der Waals surface area contributed by atoms with Crippen molar-refractivity contribution in [1.29, 1.82) is 0 Å². The number of thiophene rings is 1. The van der Waals surface area contributed by atoms with Crippen molar-refractivity contribution in [3.05, 3.63) is 35.2 Å². The predicted octanol–water partition coefficient (Wildman–Crippen LogP) is 4.47. The fourth-order valence-corrected chi connectivity index (χ4v) is 4.52. The standard InChI is InChI=1S/C17H23NS/c1-12-7-8-13(9-12)16(18-2)10-14-11-19-17-6-4-3-5-15(14)17/h3-6,11-13,16,18H,7-10H2,1-2H3. The number of likely N-dealkylation sites (N-methyl/N-ethyl adjacent to an activating group) is 1. The van der Waals surface area contributed by atoms with Gasteiger partial charge < -0.3 is 5.32 Å². The molecule has 1 aromatic carbocycles. The van der Waals surface area contributed by atoms with Gasteiger partial charge in [-0.25, -0.2) is 0 Å². The molecule has 3 unspecified atom stereocenters. The SMILES string of the molecule is CNC(Cc1csc2ccccc12)C1CCC(C)C1. The first-order chi connectivity index (χ1) is 9.28. The summed E-state index contributed by atoms with van der Waals surface area (Å²) in [5.41, 5.74) is 1.53. The monoisotopic (exact) mass is 273 g/mol. The first-order valence-electron chi connectivity index (χ1n) is 7.40. The Labute approximate surface area is 120 Å². The van der Waals surface area contributed by atoms with Crippen molar-refractivity contribution in [2.45, 2.75) is 38.6 Å². The van der Waals surface area contributed by atoms with Gasteiger partial charge >= 0.3 is 0 Å². The van der Waals surface area contributed by atoms with Gasteiger partial charge in [0.25, 0.3) is 0 Å². The lowest BCUT2D eigenvalue weighted by atomic mass is 9.91. The summed E-state index contributed by atoms with van der Waals surface area (Å²) in [7, 11) is 2.13. The first-order valence-corrected chi connectivity index (χ1v) is 8.28. The Morgan fingerprint density at radius 2 is 2.16 bits per heavy atom. The molecule has 0 aliphatic heterocycles. The van der Waals surface area contributed by atoms with Crippen LogP contribution in [0.5, 0.6) is 0 Å². The van der Waals surface area contributed by atoms with E-state index in [4.69, 9.17) is 0 Å². The van der Waals surface area contributed by atoms with Crippen LogP contribution in [0.4, 0.5) is 0 Å². The topological polar surface area (TPSA) is 12.0 Å². The van der Waals surface area contributed by atoms with E-state index in [2.05, 4.69) is 48.9 Å². The van der Waals surface area contributed by atoms with Crippen LogP contribution in [0.25, 0.3) is 10.1 Å². The number of benzene rings is 1. The number of nitrogens with one attached hydrogen (secondary N) is 1. The molecule has 1 N–H and O–H groups in total. The number of rotatable bonds is 4. The van der Waals surface area contributed by atoms with E-state index in [9.17, 15) is 0 Å². The number of fused-ring (bicyclic) bond motifs is 1. The van der Waals surface area contributed by atoms with Crippen LogP contribution in [0.15, 0.2) is 29.6 Å². The van der Waals surface area contributed by atoms with Crippen LogP contribution in [0, 0.1) is 11.8 Å². The molecule has 0 amide bonds. The number of hydrogen-bond acceptors (Lipinski definition) is 2. The normalized spacial score (nSPS) is 24.9. The van der Waals surface area contributed by atoms with Crippen LogP contribution >= 0.6 is 11.3 Å². The zero-order chi connectivity index (χ0) is 13.2. The van der Waals surface area contributed by atoms with E-state index in [1.807, 2.05) is 11.3 Å². The maximum Gasteiger partial charge on any atom is 0.0345 e. The molecule has 1 saturated carbocycles. The third kappa shape index (κ3) is 2.70. The summed E-state index contributed by atoms with van der Waals surface area (Å²) in [6.45, 7) is 2.40. The third-order valence-corrected chi connectivity index (χ3v) is 5.69. The summed E-state index contributed by atoms with van der Waals surface area (Å²) in [5.74, 6) is 1.78. The van der Waals surface area contributed by atoms with E-state index in [0.29, 0.717) is 6.04 Å². The van der Waals surface area contributed by atoms with Crippen molar-refractivity contribution in [1.82, 2.24) is 5.32 Å². The molecular formula is C17H23NS. The smallest absolute Gasteiger partial charge is 0.0345 e. The summed E-state index contributed by atoms with van der Waals surface area (Å²) < 4.78 is 1.42. The highest BCUT2D eigenvalue weighted by molar-refractivity contribution is 7.17. The van der Waals surface area contributed by atoms with Crippen molar-refractivity contribution in [2.75, 3.05) is 7.05 Å². The Balaban J connectivity index is 1.79. The molecule has 102 valence electrons. The molecule has 2 heteroatoms. The highest BCUT2D eigenvalue weighted by Gasteiger charge is 2.28. The molecule has 1 heterocycles. The van der Waals surface area contributed by atoms with Crippen LogP contribution in [-0.2, 0) is 6.42 Å². The Morgan fingerprint density at radius 3 is 2.89 bits per heavy atom. The van der Waals surface area contributed by atoms with Crippen molar-refractivity contribution < 1.29 is 0 Å². The first kappa shape index (κ1) is 13.1. The fraction of sp³-hybridized carbons (Fsp3) is 0.529. The lowest BCUT2D eigenvalue weighted by Crippen LogP contribution is -2.34. The Kier molecular flexibility index (Phi) is 3.90. The summed E-state index contributed by atoms with van der Waals surface area (Å²) in [6, 6.07) is 9.44. The Hall–Kier alpha value is -0.860. The van der Waals surface area contributed by atoms with Crippen LogP contribution in [0.1, 0.15) is 31.7 Å². The lowest BCUT2D eigenvalue weighted by molar-refractivity contribution is 0.368. The molecule has 2 aromatic rings. The van der Waals surface area contributed by atoms with E-state index >= 15 is 0 Å². The van der Waals surface area contributed by atoms with Gasteiger partial charge in [-0.2, -0.15) is 0 Å². The summed E-state index contributed by atoms with van der Waals surface area (Å²) >= 11 is 1.88. The molecule has 1 nitrogen and oxygen atoms in total. The van der Waals surface area contributed by atoms with Gasteiger partial charge in [-0.15, -0.1) is 11.3 Å². The Bertz CT molecular complexity index is 545. The predicted molar refractivity (Wildman–Crippen MR) is 84.9 cm³/mol. The van der Waals surface area contributed by atoms with E-state index < -0.39 is 0 Å². The molecule has 19 heavy (non-hydrogen) atoms. The van der Waals surface area contributed by atoms with Gasteiger partial charge in [-0.3, -0.25) is 0 Å². The maximum absolute atomic E-state index is 3.57. The van der Waals surface area contributed by atoms with Gasteiger partial charge in [0.15, 0.2) is 0 Å². The molecular weight excluding hydrogens is 250 g/mol. The molecule has 1 fully saturated rings. The van der Waals surface area contributed by atoms with Crippen molar-refractivity contribution in [3.63, 3.8) is 0 Å². The van der Waals surface area contributed by atoms with Crippen LogP contribution in [-0.4, -0.2) is 13.1 Å². The number of hydrogen-bond donors (Lipinski definition) is 1. The molecule has 0 bridgehead atoms. The minimum atomic E-state index is 0.642. The molecule has 3 atom stereocenters. The third-order valence-electron chi connectivity index (χ3n) is 4.68. The summed E-state index contributed by atoms with van der Waals surface area (Å²) in [4.78, 5) is 0. The van der Waals surface area contributed by atoms with Gasteiger partial charge in [0.1, 0.15) is 0 Å². The molecule has 3 rings (SSSR count). The zero-order valence-electron chi connectivity index (χ0n) is 11.9. The molecule has 1 aliphatic carbocycles. The van der Waals surface area contributed by atoms with Crippen molar-refractivity contribution in [3.8, 4) is 0 Å². The average Bonchev–Trinajstić information content (AvgIpc) is 3.03. The molecule has 1 aliphatic rings. The second-order valence-electron chi connectivity index (χ2n) is 6.03. The van der Waals surface area contributed by atoms with Crippen LogP contribution in [0.2, 0.25) is 0 Å². The Morgan fingerprint density at radius 1 is 1.32 bits per heavy atom. The van der Waals surface area contributed by atoms with Gasteiger partial charge in [0, 0.05) is 10.7 Å². The van der Waals surface area contributed by atoms with Crippen LogP contribution < -0.4 is 5.32 Å². The van der Waals surface area contributed by atoms with E-state index in [1.165, 1.54) is 41.3 Å². The molecule has 1 aromatic heterocycles. The summed E-state index contributed by atoms with van der Waals surface area (Å²) in [6.07, 6.45) is 5.38. The van der Waals surface area contributed by atoms with Crippen molar-refractivity contribution >= 4 is 21.4 Å². The van der Waals surface area contributed by atoms with Gasteiger partial charge in [0.2, 0.25) is 0 Å². The largest absolute Gasteiger partial charge is 0.316 e. The minimum absolute atomic E-state index is 0.642. The van der Waals surface area contributed by atoms with Gasteiger partial charge in [-0.05, 0) is 60.5 Å². The second-order valence-corrected chi connectivity index (χ2v) is 6.95. The molecule has 0 spiro atoms. The zero-order valence-corrected chi connectivity index (χ0v) is 12.7. The van der Waals surface area contributed by atoms with Crippen LogP contribution in [0.3, 0.4) is 0 Å². The van der Waals surface area contributed by atoms with Gasteiger partial charge in [-0.1, -0.05) is 31.5 Å². The quantitative estimate of drug-likeness (QED) is 0.866. The second kappa shape index (κ2) is 5.64. The van der Waals surface area contributed by atoms with E-state index in [-0.39, 0.29) is 0 Å². The fourth-order valence-electron chi connectivity index (χ4n) is 3.55.